The summed E-state index contributed by atoms with van der Waals surface area (Å²) in [4.78, 5) is 33.6. The lowest BCUT2D eigenvalue weighted by Crippen LogP contribution is -2.46. The fraction of sp³-hybridized carbons (Fsp3) is 0.421. The maximum atomic E-state index is 13.8. The summed E-state index contributed by atoms with van der Waals surface area (Å²) in [6, 6.07) is 15.7. The SMILES string of the molecule is COc1ccc(CN(C)c2cc(-c3cn(C)c4c(C5CCN(C(=O)O)CC5C(C)(C)C)cccc34)nn3c(C(=O)N[C@@H]4C[C@@H]4F)cnc23)cc1. The largest absolute Gasteiger partial charge is 0.497 e. The third-order valence-corrected chi connectivity index (χ3v) is 10.4. The molecular formula is C38H44FN7O4. The van der Waals surface area contributed by atoms with Crippen LogP contribution in [0.15, 0.2) is 60.9 Å². The van der Waals surface area contributed by atoms with Gasteiger partial charge in [-0.15, -0.1) is 0 Å². The van der Waals surface area contributed by atoms with E-state index in [2.05, 4.69) is 64.9 Å². The average Bonchev–Trinajstić information content (AvgIpc) is 3.45. The number of nitrogens with one attached hydrogen (secondary N) is 1. The van der Waals surface area contributed by atoms with Gasteiger partial charge in [0.15, 0.2) is 11.3 Å². The van der Waals surface area contributed by atoms with Crippen LogP contribution in [0.25, 0.3) is 27.8 Å². The number of hydrogen-bond acceptors (Lipinski definition) is 6. The van der Waals surface area contributed by atoms with Crippen LogP contribution >= 0.6 is 0 Å². The molecule has 1 saturated carbocycles. The maximum absolute atomic E-state index is 13.8. The van der Waals surface area contributed by atoms with E-state index < -0.39 is 24.2 Å². The van der Waals surface area contributed by atoms with E-state index in [9.17, 15) is 19.1 Å². The van der Waals surface area contributed by atoms with E-state index in [0.29, 0.717) is 37.4 Å². The second-order valence-corrected chi connectivity index (χ2v) is 14.8. The fourth-order valence-electron chi connectivity index (χ4n) is 7.54. The number of carbonyl (C=O) groups excluding carboxylic acids is 1. The summed E-state index contributed by atoms with van der Waals surface area (Å²) in [5.74, 6) is 0.628. The Balaban J connectivity index is 1.34. The molecule has 2 fully saturated rings. The molecule has 4 atom stereocenters. The smallest absolute Gasteiger partial charge is 0.407 e. The molecule has 2 aromatic carbocycles. The number of halogens is 1. The number of piperidine rings is 1. The van der Waals surface area contributed by atoms with Crippen molar-refractivity contribution in [3.63, 3.8) is 0 Å². The lowest BCUT2D eigenvalue weighted by Gasteiger charge is -2.44. The summed E-state index contributed by atoms with van der Waals surface area (Å²) in [7, 11) is 5.65. The van der Waals surface area contributed by atoms with Gasteiger partial charge in [0.1, 0.15) is 11.9 Å². The Hall–Kier alpha value is -5.13. The molecule has 0 bridgehead atoms. The minimum absolute atomic E-state index is 0.117. The third-order valence-electron chi connectivity index (χ3n) is 10.4. The van der Waals surface area contributed by atoms with Crippen molar-refractivity contribution in [2.75, 3.05) is 32.1 Å². The summed E-state index contributed by atoms with van der Waals surface area (Å²) in [5.41, 5.74) is 6.29. The molecule has 7 rings (SSSR count). The number of nitrogens with zero attached hydrogens (tertiary/aromatic N) is 6. The first-order chi connectivity index (χ1) is 23.8. The summed E-state index contributed by atoms with van der Waals surface area (Å²) in [5, 5.41) is 18.6. The molecule has 1 aliphatic carbocycles. The van der Waals surface area contributed by atoms with Crippen LogP contribution < -0.4 is 15.0 Å². The van der Waals surface area contributed by atoms with Gasteiger partial charge in [-0.2, -0.15) is 5.10 Å². The van der Waals surface area contributed by atoms with Crippen LogP contribution in [0.2, 0.25) is 0 Å². The summed E-state index contributed by atoms with van der Waals surface area (Å²) in [6.07, 6.45) is 2.70. The molecule has 4 heterocycles. The van der Waals surface area contributed by atoms with Crippen LogP contribution in [0, 0.1) is 11.3 Å². The van der Waals surface area contributed by atoms with Crippen LogP contribution in [0.5, 0.6) is 5.75 Å². The number of rotatable bonds is 8. The highest BCUT2D eigenvalue weighted by Crippen LogP contribution is 2.46. The minimum Gasteiger partial charge on any atom is -0.497 e. The summed E-state index contributed by atoms with van der Waals surface area (Å²) >= 11 is 0. The highest BCUT2D eigenvalue weighted by molar-refractivity contribution is 5.99. The number of anilines is 1. The Morgan fingerprint density at radius 1 is 1.16 bits per heavy atom. The van der Waals surface area contributed by atoms with Gasteiger partial charge in [0.2, 0.25) is 0 Å². The van der Waals surface area contributed by atoms with Gasteiger partial charge in [-0.05, 0) is 53.0 Å². The first-order valence-corrected chi connectivity index (χ1v) is 17.1. The molecule has 2 amide bonds. The first kappa shape index (κ1) is 33.4. The predicted octanol–water partition coefficient (Wildman–Crippen LogP) is 6.50. The molecule has 50 heavy (non-hydrogen) atoms. The predicted molar refractivity (Wildman–Crippen MR) is 191 cm³/mol. The number of ether oxygens (including phenoxy) is 1. The van der Waals surface area contributed by atoms with Gasteiger partial charge in [0.25, 0.3) is 5.91 Å². The monoisotopic (exact) mass is 681 g/mol. The maximum Gasteiger partial charge on any atom is 0.407 e. The molecule has 0 radical (unpaired) electrons. The zero-order valence-corrected chi connectivity index (χ0v) is 29.4. The highest BCUT2D eigenvalue weighted by Gasteiger charge is 2.41. The molecule has 1 saturated heterocycles. The Morgan fingerprint density at radius 2 is 1.90 bits per heavy atom. The minimum atomic E-state index is -1.04. The average molecular weight is 682 g/mol. The normalized spacial score (nSPS) is 20.7. The van der Waals surface area contributed by atoms with Crippen LogP contribution in [0.4, 0.5) is 14.9 Å². The molecule has 2 N–H and O–H groups in total. The molecule has 2 aliphatic rings. The lowest BCUT2D eigenvalue weighted by molar-refractivity contribution is 0.0720. The second kappa shape index (κ2) is 12.6. The van der Waals surface area contributed by atoms with Crippen LogP contribution in [0.1, 0.15) is 61.1 Å². The molecule has 262 valence electrons. The fourth-order valence-corrected chi connectivity index (χ4v) is 7.54. The first-order valence-electron chi connectivity index (χ1n) is 17.1. The van der Waals surface area contributed by atoms with Crippen molar-refractivity contribution >= 4 is 34.2 Å². The Labute approximate surface area is 290 Å². The standard InChI is InChI=1S/C38H44FN7O4/c1-38(2,3)28-21-45(37(48)49)15-14-24(28)25-8-7-9-26-27(20-44(5)34(25)26)30-17-32(43(4)19-22-10-12-23(50-6)13-11-22)35-40-18-33(46(35)42-30)36(47)41-31-16-29(31)39/h7-13,17-18,20,24,28-29,31H,14-16,19,21H2,1-6H3,(H,41,47)(H,48,49)/t24?,28?,29-,31+/m0/s1. The number of carboxylic acid groups (broad SMARTS) is 1. The van der Waals surface area contributed by atoms with Crippen molar-refractivity contribution < 1.29 is 23.8 Å². The molecule has 5 aromatic rings. The van der Waals surface area contributed by atoms with Crippen molar-refractivity contribution in [1.82, 2.24) is 29.4 Å². The van der Waals surface area contributed by atoms with Crippen molar-refractivity contribution in [3.8, 4) is 17.0 Å². The second-order valence-electron chi connectivity index (χ2n) is 14.8. The quantitative estimate of drug-likeness (QED) is 0.192. The molecular weight excluding hydrogens is 637 g/mol. The highest BCUT2D eigenvalue weighted by atomic mass is 19.1. The number of alkyl halides is 1. The third kappa shape index (κ3) is 6.11. The number of imidazole rings is 1. The number of aromatic nitrogens is 4. The van der Waals surface area contributed by atoms with E-state index in [1.165, 1.54) is 11.8 Å². The molecule has 1 aliphatic heterocycles. The zero-order chi connectivity index (χ0) is 35.5. The number of methoxy groups -OCH3 is 1. The number of benzene rings is 2. The van der Waals surface area contributed by atoms with Crippen LogP contribution in [0.3, 0.4) is 0 Å². The van der Waals surface area contributed by atoms with E-state index in [4.69, 9.17) is 9.84 Å². The van der Waals surface area contributed by atoms with E-state index in [-0.39, 0.29) is 22.9 Å². The number of fused-ring (bicyclic) bond motifs is 2. The van der Waals surface area contributed by atoms with Gasteiger partial charge in [0, 0.05) is 57.3 Å². The summed E-state index contributed by atoms with van der Waals surface area (Å²) in [6.45, 7) is 8.08. The van der Waals surface area contributed by atoms with Crippen molar-refractivity contribution in [3.05, 3.63) is 77.7 Å². The van der Waals surface area contributed by atoms with Gasteiger partial charge in [-0.25, -0.2) is 18.7 Å². The van der Waals surface area contributed by atoms with Crippen LogP contribution in [-0.2, 0) is 13.6 Å². The molecule has 11 nitrogen and oxygen atoms in total. The van der Waals surface area contributed by atoms with E-state index in [1.807, 2.05) is 44.4 Å². The van der Waals surface area contributed by atoms with Gasteiger partial charge < -0.3 is 29.5 Å². The molecule has 12 heteroatoms. The topological polar surface area (TPSA) is 117 Å². The van der Waals surface area contributed by atoms with E-state index in [1.54, 1.807) is 16.5 Å². The Bertz CT molecular complexity index is 2080. The summed E-state index contributed by atoms with van der Waals surface area (Å²) < 4.78 is 22.8. The number of hydrogen-bond donors (Lipinski definition) is 2. The number of carbonyl (C=O) groups is 2. The molecule has 2 unspecified atom stereocenters. The lowest BCUT2D eigenvalue weighted by atomic mass is 9.67. The molecule has 3 aromatic heterocycles. The van der Waals surface area contributed by atoms with Crippen molar-refractivity contribution in [2.24, 2.45) is 18.4 Å². The van der Waals surface area contributed by atoms with E-state index >= 15 is 0 Å². The van der Waals surface area contributed by atoms with Crippen molar-refractivity contribution in [1.29, 1.82) is 0 Å². The Kier molecular flexibility index (Phi) is 8.44. The number of likely N-dealkylation sites (tertiary alicyclic amines) is 1. The van der Waals surface area contributed by atoms with Crippen molar-refractivity contribution in [2.45, 2.75) is 58.3 Å². The van der Waals surface area contributed by atoms with Gasteiger partial charge in [-0.1, -0.05) is 51.1 Å². The number of aryl methyl sites for hydroxylation is 1. The Morgan fingerprint density at radius 3 is 2.56 bits per heavy atom. The van der Waals surface area contributed by atoms with Gasteiger partial charge >= 0.3 is 6.09 Å². The molecule has 0 spiro atoms. The van der Waals surface area contributed by atoms with Gasteiger partial charge in [0.05, 0.1) is 36.2 Å². The van der Waals surface area contributed by atoms with Gasteiger partial charge in [-0.3, -0.25) is 4.79 Å². The number of amides is 2. The zero-order valence-electron chi connectivity index (χ0n) is 29.4. The number of para-hydroxylation sites is 1. The van der Waals surface area contributed by atoms with Crippen LogP contribution in [-0.4, -0.2) is 80.6 Å². The van der Waals surface area contributed by atoms with E-state index in [0.717, 1.165) is 39.9 Å².